The molecule has 34 heavy (non-hydrogen) atoms. The first-order chi connectivity index (χ1) is 16.2. The summed E-state index contributed by atoms with van der Waals surface area (Å²) in [6, 6.07) is 8.29. The van der Waals surface area contributed by atoms with Crippen molar-refractivity contribution in [3.8, 4) is 23.0 Å². The summed E-state index contributed by atoms with van der Waals surface area (Å²) in [5.74, 6) is 1.73. The lowest BCUT2D eigenvalue weighted by Crippen LogP contribution is -2.31. The number of sulfonamides is 1. The van der Waals surface area contributed by atoms with Gasteiger partial charge < -0.3 is 23.8 Å². The molecule has 1 heterocycles. The minimum Gasteiger partial charge on any atom is -0.493 e. The average Bonchev–Trinajstić information content (AvgIpc) is 3.38. The molecule has 186 valence electrons. The van der Waals surface area contributed by atoms with Crippen LogP contribution in [0.25, 0.3) is 0 Å². The molecule has 10 heteroatoms. The molecule has 2 aromatic carbocycles. The van der Waals surface area contributed by atoms with Crippen molar-refractivity contribution in [2.45, 2.75) is 31.2 Å². The van der Waals surface area contributed by atoms with Crippen molar-refractivity contribution in [3.05, 3.63) is 41.5 Å². The Labute approximate surface area is 201 Å². The first-order valence-electron chi connectivity index (χ1n) is 11.0. The first-order valence-corrected chi connectivity index (χ1v) is 12.4. The molecule has 1 saturated heterocycles. The third-order valence-corrected chi connectivity index (χ3v) is 7.67. The van der Waals surface area contributed by atoms with Crippen molar-refractivity contribution in [2.75, 3.05) is 48.1 Å². The number of aryl methyl sites for hydroxylation is 1. The maximum Gasteiger partial charge on any atom is 0.260 e. The third-order valence-electron chi connectivity index (χ3n) is 5.77. The van der Waals surface area contributed by atoms with Crippen molar-refractivity contribution in [1.29, 1.82) is 0 Å². The first kappa shape index (κ1) is 25.6. The van der Waals surface area contributed by atoms with Crippen LogP contribution in [-0.4, -0.2) is 71.6 Å². The van der Waals surface area contributed by atoms with E-state index in [9.17, 15) is 13.2 Å². The van der Waals surface area contributed by atoms with E-state index in [4.69, 9.17) is 18.9 Å². The summed E-state index contributed by atoms with van der Waals surface area (Å²) in [7, 11) is 2.78. The van der Waals surface area contributed by atoms with Gasteiger partial charge in [-0.3, -0.25) is 4.79 Å². The number of likely N-dealkylation sites (N-methyl/N-ethyl adjacent to an activating group) is 1. The lowest BCUT2D eigenvalue weighted by Gasteiger charge is -2.20. The number of hydrogen-bond acceptors (Lipinski definition) is 7. The molecule has 2 aromatic rings. The highest BCUT2D eigenvalue weighted by atomic mass is 32.2. The van der Waals surface area contributed by atoms with Gasteiger partial charge in [-0.2, -0.15) is 4.31 Å². The Hall–Kier alpha value is -2.98. The molecule has 1 aliphatic heterocycles. The van der Waals surface area contributed by atoms with Gasteiger partial charge in [0, 0.05) is 26.7 Å². The highest BCUT2D eigenvalue weighted by Gasteiger charge is 2.27. The van der Waals surface area contributed by atoms with Crippen LogP contribution in [0.5, 0.6) is 23.0 Å². The molecule has 0 aliphatic carbocycles. The van der Waals surface area contributed by atoms with Crippen molar-refractivity contribution in [1.82, 2.24) is 9.21 Å². The van der Waals surface area contributed by atoms with Crippen LogP contribution in [0.2, 0.25) is 0 Å². The predicted molar refractivity (Wildman–Crippen MR) is 127 cm³/mol. The van der Waals surface area contributed by atoms with E-state index in [0.717, 1.165) is 18.4 Å². The standard InChI is InChI=1S/C24H32N2O7S/c1-17-12-19(34(28,29)26-10-6-7-11-26)8-9-20(17)33-16-23(27)25(2)15-18-13-21(30-3)24(32-5)22(14-18)31-4/h8-9,12-14H,6-7,10-11,15-16H2,1-5H3. The summed E-state index contributed by atoms with van der Waals surface area (Å²) in [6.45, 7) is 2.99. The Morgan fingerprint density at radius 3 is 2.12 bits per heavy atom. The topological polar surface area (TPSA) is 94.6 Å². The van der Waals surface area contributed by atoms with Gasteiger partial charge in [-0.05, 0) is 61.2 Å². The fourth-order valence-electron chi connectivity index (χ4n) is 3.86. The van der Waals surface area contributed by atoms with Gasteiger partial charge in [-0.15, -0.1) is 0 Å². The fourth-order valence-corrected chi connectivity index (χ4v) is 5.46. The third kappa shape index (κ3) is 5.56. The molecule has 0 atom stereocenters. The maximum absolute atomic E-state index is 12.8. The number of hydrogen-bond donors (Lipinski definition) is 0. The van der Waals surface area contributed by atoms with Crippen molar-refractivity contribution in [3.63, 3.8) is 0 Å². The number of amides is 1. The second-order valence-electron chi connectivity index (χ2n) is 8.11. The van der Waals surface area contributed by atoms with Gasteiger partial charge in [0.05, 0.1) is 26.2 Å². The van der Waals surface area contributed by atoms with E-state index in [0.29, 0.717) is 48.2 Å². The zero-order valence-electron chi connectivity index (χ0n) is 20.3. The molecule has 9 nitrogen and oxygen atoms in total. The van der Waals surface area contributed by atoms with Crippen LogP contribution in [0.3, 0.4) is 0 Å². The quantitative estimate of drug-likeness (QED) is 0.503. The Balaban J connectivity index is 1.64. The number of carbonyl (C=O) groups excluding carboxylic acids is 1. The Bertz CT molecular complexity index is 1100. The van der Waals surface area contributed by atoms with Gasteiger partial charge in [-0.25, -0.2) is 8.42 Å². The Morgan fingerprint density at radius 1 is 0.971 bits per heavy atom. The second kappa shape index (κ2) is 11.0. The molecule has 1 fully saturated rings. The smallest absolute Gasteiger partial charge is 0.260 e. The maximum atomic E-state index is 12.8. The molecule has 1 amide bonds. The highest BCUT2D eigenvalue weighted by Crippen LogP contribution is 2.38. The lowest BCUT2D eigenvalue weighted by molar-refractivity contribution is -0.132. The van der Waals surface area contributed by atoms with Gasteiger partial charge in [-0.1, -0.05) is 0 Å². The van der Waals surface area contributed by atoms with E-state index >= 15 is 0 Å². The van der Waals surface area contributed by atoms with Crippen LogP contribution >= 0.6 is 0 Å². The molecular weight excluding hydrogens is 460 g/mol. The molecule has 0 spiro atoms. The van der Waals surface area contributed by atoms with Crippen LogP contribution in [-0.2, 0) is 21.4 Å². The summed E-state index contributed by atoms with van der Waals surface area (Å²) in [5, 5.41) is 0. The van der Waals surface area contributed by atoms with E-state index < -0.39 is 10.0 Å². The average molecular weight is 493 g/mol. The summed E-state index contributed by atoms with van der Waals surface area (Å²) >= 11 is 0. The van der Waals surface area contributed by atoms with Crippen LogP contribution in [0.1, 0.15) is 24.0 Å². The van der Waals surface area contributed by atoms with Gasteiger partial charge >= 0.3 is 0 Å². The van der Waals surface area contributed by atoms with Gasteiger partial charge in [0.25, 0.3) is 5.91 Å². The zero-order chi connectivity index (χ0) is 24.9. The molecule has 0 N–H and O–H groups in total. The number of carbonyl (C=O) groups is 1. The number of nitrogens with zero attached hydrogens (tertiary/aromatic N) is 2. The number of benzene rings is 2. The van der Waals surface area contributed by atoms with E-state index in [-0.39, 0.29) is 17.4 Å². The number of rotatable bonds is 10. The molecule has 0 unspecified atom stereocenters. The SMILES string of the molecule is COc1cc(CN(C)C(=O)COc2ccc(S(=O)(=O)N3CCCC3)cc2C)cc(OC)c1OC. The Morgan fingerprint density at radius 2 is 1.59 bits per heavy atom. The van der Waals surface area contributed by atoms with Crippen molar-refractivity contribution >= 4 is 15.9 Å². The summed E-state index contributed by atoms with van der Waals surface area (Å²) in [6.07, 6.45) is 1.76. The minimum atomic E-state index is -3.50. The van der Waals surface area contributed by atoms with E-state index in [1.807, 2.05) is 0 Å². The molecule has 1 aliphatic rings. The normalized spacial score (nSPS) is 14.0. The van der Waals surface area contributed by atoms with E-state index in [2.05, 4.69) is 0 Å². The van der Waals surface area contributed by atoms with E-state index in [1.54, 1.807) is 38.2 Å². The fraction of sp³-hybridized carbons (Fsp3) is 0.458. The second-order valence-corrected chi connectivity index (χ2v) is 10.0. The molecule has 0 radical (unpaired) electrons. The lowest BCUT2D eigenvalue weighted by atomic mass is 10.1. The number of ether oxygens (including phenoxy) is 4. The van der Waals surface area contributed by atoms with Gasteiger partial charge in [0.2, 0.25) is 15.8 Å². The zero-order valence-corrected chi connectivity index (χ0v) is 21.1. The molecule has 3 rings (SSSR count). The summed E-state index contributed by atoms with van der Waals surface area (Å²) in [5.41, 5.74) is 1.46. The predicted octanol–water partition coefficient (Wildman–Crippen LogP) is 2.84. The number of methoxy groups -OCH3 is 3. The van der Waals surface area contributed by atoms with Crippen LogP contribution in [0.15, 0.2) is 35.2 Å². The van der Waals surface area contributed by atoms with Crippen LogP contribution in [0.4, 0.5) is 0 Å². The van der Waals surface area contributed by atoms with Crippen LogP contribution < -0.4 is 18.9 Å². The summed E-state index contributed by atoms with van der Waals surface area (Å²) in [4.78, 5) is 14.4. The Kier molecular flexibility index (Phi) is 8.27. The summed E-state index contributed by atoms with van der Waals surface area (Å²) < 4.78 is 48.8. The van der Waals surface area contributed by atoms with Crippen molar-refractivity contribution < 1.29 is 32.2 Å². The largest absolute Gasteiger partial charge is 0.493 e. The molecule has 0 bridgehead atoms. The van der Waals surface area contributed by atoms with E-state index in [1.165, 1.54) is 36.6 Å². The molecule has 0 aromatic heterocycles. The van der Waals surface area contributed by atoms with Gasteiger partial charge in [0.15, 0.2) is 18.1 Å². The monoisotopic (exact) mass is 492 g/mol. The van der Waals surface area contributed by atoms with Gasteiger partial charge in [0.1, 0.15) is 5.75 Å². The molecular formula is C24H32N2O7S. The molecule has 0 saturated carbocycles. The van der Waals surface area contributed by atoms with Crippen LogP contribution in [0, 0.1) is 6.92 Å². The minimum absolute atomic E-state index is 0.181. The van der Waals surface area contributed by atoms with Crippen molar-refractivity contribution in [2.24, 2.45) is 0 Å². The highest BCUT2D eigenvalue weighted by molar-refractivity contribution is 7.89.